The number of hydrogen-bond acceptors (Lipinski definition) is 5. The minimum atomic E-state index is -0.500. The third-order valence-electron chi connectivity index (χ3n) is 2.90. The van der Waals surface area contributed by atoms with Crippen LogP contribution in [0.15, 0.2) is 42.5 Å². The summed E-state index contributed by atoms with van der Waals surface area (Å²) in [7, 11) is 4.56. The van der Waals surface area contributed by atoms with E-state index in [-0.39, 0.29) is 5.75 Å². The third-order valence-corrected chi connectivity index (χ3v) is 2.90. The summed E-state index contributed by atoms with van der Waals surface area (Å²) in [6.07, 6.45) is 0. The first-order valence-electron chi connectivity index (χ1n) is 6.26. The molecule has 2 aromatic carbocycles. The summed E-state index contributed by atoms with van der Waals surface area (Å²) in [6.45, 7) is 0. The van der Waals surface area contributed by atoms with Crippen molar-refractivity contribution in [2.45, 2.75) is 0 Å². The van der Waals surface area contributed by atoms with Gasteiger partial charge < -0.3 is 18.9 Å². The predicted octanol–water partition coefficient (Wildman–Crippen LogP) is 2.93. The Bertz CT molecular complexity index is 597. The van der Waals surface area contributed by atoms with E-state index in [4.69, 9.17) is 18.9 Å². The summed E-state index contributed by atoms with van der Waals surface area (Å²) in [5, 5.41) is 0. The molecule has 0 spiro atoms. The number of ether oxygens (including phenoxy) is 4. The molecule has 2 rings (SSSR count). The van der Waals surface area contributed by atoms with Gasteiger partial charge in [0.25, 0.3) is 0 Å². The molecule has 0 N–H and O–H groups in total. The molecule has 21 heavy (non-hydrogen) atoms. The lowest BCUT2D eigenvalue weighted by atomic mass is 10.2. The number of benzene rings is 2. The summed E-state index contributed by atoms with van der Waals surface area (Å²) in [6, 6.07) is 11.8. The van der Waals surface area contributed by atoms with Gasteiger partial charge in [0.05, 0.1) is 26.9 Å². The third kappa shape index (κ3) is 3.25. The zero-order valence-corrected chi connectivity index (χ0v) is 12.1. The van der Waals surface area contributed by atoms with Gasteiger partial charge in [0, 0.05) is 0 Å². The molecular formula is C16H16O5. The van der Waals surface area contributed by atoms with Gasteiger partial charge in [-0.15, -0.1) is 0 Å². The van der Waals surface area contributed by atoms with Crippen LogP contribution in [-0.2, 0) is 0 Å². The number of carbonyl (C=O) groups excluding carboxylic acids is 1. The number of rotatable bonds is 5. The molecule has 0 saturated heterocycles. The van der Waals surface area contributed by atoms with Crippen molar-refractivity contribution in [3.05, 3.63) is 48.0 Å². The van der Waals surface area contributed by atoms with Gasteiger partial charge in [0.15, 0.2) is 11.5 Å². The fourth-order valence-corrected chi connectivity index (χ4v) is 1.80. The smallest absolute Gasteiger partial charge is 0.343 e. The number of methoxy groups -OCH3 is 3. The minimum Gasteiger partial charge on any atom is -0.497 e. The molecule has 0 aliphatic heterocycles. The normalized spacial score (nSPS) is 9.86. The largest absolute Gasteiger partial charge is 0.497 e. The first-order chi connectivity index (χ1) is 10.2. The van der Waals surface area contributed by atoms with Gasteiger partial charge in [-0.2, -0.15) is 0 Å². The van der Waals surface area contributed by atoms with Crippen LogP contribution in [0.3, 0.4) is 0 Å². The first kappa shape index (κ1) is 14.7. The average Bonchev–Trinajstić information content (AvgIpc) is 2.55. The monoisotopic (exact) mass is 288 g/mol. The highest BCUT2D eigenvalue weighted by atomic mass is 16.6. The number of para-hydroxylation sites is 1. The van der Waals surface area contributed by atoms with Gasteiger partial charge in [0.1, 0.15) is 5.75 Å². The molecule has 0 saturated carbocycles. The van der Waals surface area contributed by atoms with Crippen molar-refractivity contribution in [3.8, 4) is 23.0 Å². The SMILES string of the molecule is COc1ccc(C(=O)Oc2c(OC)cccc2OC)cc1. The Morgan fingerprint density at radius 2 is 1.38 bits per heavy atom. The Labute approximate surface area is 123 Å². The van der Waals surface area contributed by atoms with Crippen molar-refractivity contribution >= 4 is 5.97 Å². The maximum atomic E-state index is 12.2. The molecule has 2 aromatic rings. The number of esters is 1. The molecule has 0 radical (unpaired) electrons. The zero-order valence-electron chi connectivity index (χ0n) is 12.1. The van der Waals surface area contributed by atoms with E-state index >= 15 is 0 Å². The second kappa shape index (κ2) is 6.65. The Morgan fingerprint density at radius 3 is 1.86 bits per heavy atom. The van der Waals surface area contributed by atoms with Crippen LogP contribution in [-0.4, -0.2) is 27.3 Å². The highest BCUT2D eigenvalue weighted by molar-refractivity contribution is 5.91. The van der Waals surface area contributed by atoms with E-state index in [0.29, 0.717) is 22.8 Å². The molecule has 0 atom stereocenters. The van der Waals surface area contributed by atoms with E-state index < -0.39 is 5.97 Å². The molecule has 0 aliphatic carbocycles. The van der Waals surface area contributed by atoms with Crippen LogP contribution in [0.5, 0.6) is 23.0 Å². The van der Waals surface area contributed by atoms with Crippen molar-refractivity contribution in [1.82, 2.24) is 0 Å². The lowest BCUT2D eigenvalue weighted by Crippen LogP contribution is -2.10. The van der Waals surface area contributed by atoms with Crippen molar-refractivity contribution in [3.63, 3.8) is 0 Å². The molecule has 0 unspecified atom stereocenters. The van der Waals surface area contributed by atoms with Crippen LogP contribution in [0, 0.1) is 0 Å². The predicted molar refractivity (Wildman–Crippen MR) is 77.5 cm³/mol. The van der Waals surface area contributed by atoms with Crippen LogP contribution in [0.4, 0.5) is 0 Å². The fourth-order valence-electron chi connectivity index (χ4n) is 1.80. The van der Waals surface area contributed by atoms with Crippen LogP contribution in [0.1, 0.15) is 10.4 Å². The lowest BCUT2D eigenvalue weighted by molar-refractivity contribution is 0.0724. The molecule has 0 aliphatic rings. The summed E-state index contributed by atoms with van der Waals surface area (Å²) in [5.41, 5.74) is 0.406. The highest BCUT2D eigenvalue weighted by Gasteiger charge is 2.17. The maximum absolute atomic E-state index is 12.2. The molecule has 0 amide bonds. The second-order valence-electron chi connectivity index (χ2n) is 4.11. The van der Waals surface area contributed by atoms with Crippen molar-refractivity contribution in [2.24, 2.45) is 0 Å². The lowest BCUT2D eigenvalue weighted by Gasteiger charge is -2.12. The molecule has 5 nitrogen and oxygen atoms in total. The summed E-state index contributed by atoms with van der Waals surface area (Å²) >= 11 is 0. The van der Waals surface area contributed by atoms with E-state index in [0.717, 1.165) is 0 Å². The van der Waals surface area contributed by atoms with Crippen molar-refractivity contribution in [1.29, 1.82) is 0 Å². The van der Waals surface area contributed by atoms with Gasteiger partial charge in [-0.25, -0.2) is 4.79 Å². The topological polar surface area (TPSA) is 54.0 Å². The summed E-state index contributed by atoms with van der Waals surface area (Å²) < 4.78 is 20.8. The van der Waals surface area contributed by atoms with Crippen LogP contribution < -0.4 is 18.9 Å². The van der Waals surface area contributed by atoms with Gasteiger partial charge >= 0.3 is 5.97 Å². The Kier molecular flexibility index (Phi) is 4.66. The van der Waals surface area contributed by atoms with Crippen molar-refractivity contribution in [2.75, 3.05) is 21.3 Å². The van der Waals surface area contributed by atoms with Crippen LogP contribution in [0.2, 0.25) is 0 Å². The quantitative estimate of drug-likeness (QED) is 0.625. The van der Waals surface area contributed by atoms with Gasteiger partial charge in [-0.1, -0.05) is 6.07 Å². The Hall–Kier alpha value is -2.69. The van der Waals surface area contributed by atoms with E-state index in [1.165, 1.54) is 14.2 Å². The van der Waals surface area contributed by atoms with Gasteiger partial charge in [-0.05, 0) is 36.4 Å². The van der Waals surface area contributed by atoms with E-state index in [9.17, 15) is 4.79 Å². The van der Waals surface area contributed by atoms with Crippen molar-refractivity contribution < 1.29 is 23.7 Å². The van der Waals surface area contributed by atoms with E-state index in [1.54, 1.807) is 49.6 Å². The molecule has 0 fully saturated rings. The summed E-state index contributed by atoms with van der Waals surface area (Å²) in [5.74, 6) is 1.28. The zero-order chi connectivity index (χ0) is 15.2. The molecule has 110 valence electrons. The van der Waals surface area contributed by atoms with E-state index in [1.807, 2.05) is 0 Å². The first-order valence-corrected chi connectivity index (χ1v) is 6.26. The molecule has 0 aromatic heterocycles. The summed E-state index contributed by atoms with van der Waals surface area (Å²) in [4.78, 5) is 12.2. The van der Waals surface area contributed by atoms with Crippen LogP contribution >= 0.6 is 0 Å². The average molecular weight is 288 g/mol. The molecule has 0 heterocycles. The van der Waals surface area contributed by atoms with Crippen LogP contribution in [0.25, 0.3) is 0 Å². The molecular weight excluding hydrogens is 272 g/mol. The maximum Gasteiger partial charge on any atom is 0.343 e. The highest BCUT2D eigenvalue weighted by Crippen LogP contribution is 2.37. The number of carbonyl (C=O) groups is 1. The van der Waals surface area contributed by atoms with Gasteiger partial charge in [-0.3, -0.25) is 0 Å². The minimum absolute atomic E-state index is 0.253. The van der Waals surface area contributed by atoms with E-state index in [2.05, 4.69) is 0 Å². The second-order valence-corrected chi connectivity index (χ2v) is 4.11. The molecule has 0 bridgehead atoms. The Balaban J connectivity index is 2.26. The van der Waals surface area contributed by atoms with Gasteiger partial charge in [0.2, 0.25) is 5.75 Å². The fraction of sp³-hybridized carbons (Fsp3) is 0.188. The molecule has 5 heteroatoms. The standard InChI is InChI=1S/C16H16O5/c1-18-12-9-7-11(8-10-12)16(17)21-15-13(19-2)5-4-6-14(15)20-3/h4-10H,1-3H3. The Morgan fingerprint density at radius 1 is 0.810 bits per heavy atom. The number of hydrogen-bond donors (Lipinski definition) is 0.